The Kier molecular flexibility index (Phi) is 6.37. The van der Waals surface area contributed by atoms with Gasteiger partial charge in [0.05, 0.1) is 4.47 Å². The number of benzene rings is 2. The summed E-state index contributed by atoms with van der Waals surface area (Å²) in [7, 11) is 0. The molecular weight excluding hydrogens is 372 g/mol. The number of hydrogen-bond acceptors (Lipinski definition) is 3. The molecule has 2 aromatic rings. The van der Waals surface area contributed by atoms with Gasteiger partial charge >= 0.3 is 0 Å². The number of halogens is 1. The molecular formula is C18H19BrN2O3. The number of carbonyl (C=O) groups excluding carboxylic acids is 2. The van der Waals surface area contributed by atoms with Crippen molar-refractivity contribution in [1.82, 2.24) is 10.9 Å². The van der Waals surface area contributed by atoms with Gasteiger partial charge in [-0.1, -0.05) is 30.7 Å². The normalized spacial score (nSPS) is 10.1. The van der Waals surface area contributed by atoms with E-state index in [1.807, 2.05) is 31.2 Å². The zero-order valence-corrected chi connectivity index (χ0v) is 15.1. The summed E-state index contributed by atoms with van der Waals surface area (Å²) in [5.74, 6) is -0.240. The van der Waals surface area contributed by atoms with E-state index in [-0.39, 0.29) is 12.5 Å². The number of amides is 2. The Labute approximate surface area is 149 Å². The summed E-state index contributed by atoms with van der Waals surface area (Å²) in [6, 6.07) is 12.8. The molecule has 0 saturated carbocycles. The SMILES string of the molecule is CCc1ccc(OCC(=O)NNC(=O)c2cccc(C)c2)c(Br)c1. The lowest BCUT2D eigenvalue weighted by Crippen LogP contribution is -2.43. The summed E-state index contributed by atoms with van der Waals surface area (Å²) in [4.78, 5) is 23.7. The molecule has 5 nitrogen and oxygen atoms in total. The van der Waals surface area contributed by atoms with E-state index in [0.29, 0.717) is 11.3 Å². The van der Waals surface area contributed by atoms with E-state index in [1.165, 1.54) is 5.56 Å². The number of nitrogens with one attached hydrogen (secondary N) is 2. The van der Waals surface area contributed by atoms with Crippen LogP contribution in [-0.4, -0.2) is 18.4 Å². The highest BCUT2D eigenvalue weighted by atomic mass is 79.9. The number of rotatable bonds is 5. The van der Waals surface area contributed by atoms with Crippen LogP contribution in [0.3, 0.4) is 0 Å². The fourth-order valence-electron chi connectivity index (χ4n) is 2.05. The molecule has 0 heterocycles. The first-order valence-electron chi connectivity index (χ1n) is 7.56. The lowest BCUT2D eigenvalue weighted by Gasteiger charge is -2.10. The van der Waals surface area contributed by atoms with Crippen LogP contribution in [0.2, 0.25) is 0 Å². The monoisotopic (exact) mass is 390 g/mol. The minimum Gasteiger partial charge on any atom is -0.483 e. The first-order valence-corrected chi connectivity index (χ1v) is 8.36. The molecule has 0 atom stereocenters. The summed E-state index contributed by atoms with van der Waals surface area (Å²) < 4.78 is 6.24. The first kappa shape index (κ1) is 18.0. The average Bonchev–Trinajstić information content (AvgIpc) is 2.58. The number of hydrazine groups is 1. The molecule has 0 aliphatic heterocycles. The summed E-state index contributed by atoms with van der Waals surface area (Å²) in [5.41, 5.74) is 7.32. The lowest BCUT2D eigenvalue weighted by atomic mass is 10.1. The van der Waals surface area contributed by atoms with Crippen molar-refractivity contribution in [1.29, 1.82) is 0 Å². The van der Waals surface area contributed by atoms with Crippen LogP contribution in [0, 0.1) is 6.92 Å². The number of aryl methyl sites for hydroxylation is 2. The van der Waals surface area contributed by atoms with Gasteiger partial charge in [0, 0.05) is 5.56 Å². The van der Waals surface area contributed by atoms with Gasteiger partial charge in [0.25, 0.3) is 11.8 Å². The van der Waals surface area contributed by atoms with Crippen LogP contribution in [0.4, 0.5) is 0 Å². The van der Waals surface area contributed by atoms with Crippen LogP contribution in [-0.2, 0) is 11.2 Å². The van der Waals surface area contributed by atoms with Gasteiger partial charge in [0.15, 0.2) is 6.61 Å². The van der Waals surface area contributed by atoms with Crippen molar-refractivity contribution in [2.45, 2.75) is 20.3 Å². The molecule has 126 valence electrons. The maximum absolute atomic E-state index is 11.9. The smallest absolute Gasteiger partial charge is 0.276 e. The first-order chi connectivity index (χ1) is 11.5. The van der Waals surface area contributed by atoms with Gasteiger partial charge in [-0.05, 0) is 59.1 Å². The second-order valence-corrected chi connectivity index (χ2v) is 6.13. The molecule has 0 bridgehead atoms. The van der Waals surface area contributed by atoms with Crippen molar-refractivity contribution in [2.24, 2.45) is 0 Å². The maximum atomic E-state index is 11.9. The Bertz CT molecular complexity index is 747. The van der Waals surface area contributed by atoms with Gasteiger partial charge < -0.3 is 4.74 Å². The molecule has 0 unspecified atom stereocenters. The molecule has 2 amide bonds. The van der Waals surface area contributed by atoms with Crippen molar-refractivity contribution in [2.75, 3.05) is 6.61 Å². The standard InChI is InChI=1S/C18H19BrN2O3/c1-3-13-7-8-16(15(19)10-13)24-11-17(22)20-21-18(23)14-6-4-5-12(2)9-14/h4-10H,3,11H2,1-2H3,(H,20,22)(H,21,23). The van der Waals surface area contributed by atoms with Crippen molar-refractivity contribution in [3.05, 3.63) is 63.6 Å². The van der Waals surface area contributed by atoms with Gasteiger partial charge in [-0.15, -0.1) is 0 Å². The quantitative estimate of drug-likeness (QED) is 0.770. The molecule has 24 heavy (non-hydrogen) atoms. The highest BCUT2D eigenvalue weighted by molar-refractivity contribution is 9.10. The predicted molar refractivity (Wildman–Crippen MR) is 95.8 cm³/mol. The third kappa shape index (κ3) is 5.09. The van der Waals surface area contributed by atoms with E-state index in [4.69, 9.17) is 4.74 Å². The Morgan fingerprint density at radius 3 is 2.58 bits per heavy atom. The number of ether oxygens (including phenoxy) is 1. The van der Waals surface area contributed by atoms with Crippen LogP contribution in [0.1, 0.15) is 28.4 Å². The topological polar surface area (TPSA) is 67.4 Å². The Hall–Kier alpha value is -2.34. The van der Waals surface area contributed by atoms with Gasteiger partial charge in [-0.2, -0.15) is 0 Å². The Morgan fingerprint density at radius 1 is 1.12 bits per heavy atom. The Morgan fingerprint density at radius 2 is 1.92 bits per heavy atom. The summed E-state index contributed by atoms with van der Waals surface area (Å²) in [6.07, 6.45) is 0.921. The molecule has 2 N–H and O–H groups in total. The molecule has 0 aliphatic rings. The second kappa shape index (κ2) is 8.49. The molecule has 0 saturated heterocycles. The van der Waals surface area contributed by atoms with Crippen LogP contribution in [0.15, 0.2) is 46.9 Å². The van der Waals surface area contributed by atoms with E-state index in [0.717, 1.165) is 16.5 Å². The van der Waals surface area contributed by atoms with Crippen LogP contribution >= 0.6 is 15.9 Å². The predicted octanol–water partition coefficient (Wildman–Crippen LogP) is 3.16. The molecule has 0 aliphatic carbocycles. The largest absolute Gasteiger partial charge is 0.483 e. The number of carbonyl (C=O) groups is 2. The highest BCUT2D eigenvalue weighted by Crippen LogP contribution is 2.26. The molecule has 0 radical (unpaired) electrons. The zero-order chi connectivity index (χ0) is 17.5. The van der Waals surface area contributed by atoms with Gasteiger partial charge in [-0.25, -0.2) is 0 Å². The number of hydrogen-bond donors (Lipinski definition) is 2. The third-order valence-electron chi connectivity index (χ3n) is 3.36. The second-order valence-electron chi connectivity index (χ2n) is 5.28. The minimum atomic E-state index is -0.442. The van der Waals surface area contributed by atoms with Gasteiger partial charge in [0.1, 0.15) is 5.75 Å². The van der Waals surface area contributed by atoms with E-state index in [2.05, 4.69) is 33.7 Å². The van der Waals surface area contributed by atoms with E-state index in [1.54, 1.807) is 18.2 Å². The highest BCUT2D eigenvalue weighted by Gasteiger charge is 2.09. The molecule has 0 aromatic heterocycles. The molecule has 0 fully saturated rings. The summed E-state index contributed by atoms with van der Waals surface area (Å²) in [5, 5.41) is 0. The fourth-order valence-corrected chi connectivity index (χ4v) is 2.59. The summed E-state index contributed by atoms with van der Waals surface area (Å²) in [6.45, 7) is 3.76. The van der Waals surface area contributed by atoms with E-state index >= 15 is 0 Å². The fraction of sp³-hybridized carbons (Fsp3) is 0.222. The van der Waals surface area contributed by atoms with E-state index in [9.17, 15) is 9.59 Å². The molecule has 2 aromatic carbocycles. The van der Waals surface area contributed by atoms with Crippen molar-refractivity contribution >= 4 is 27.7 Å². The van der Waals surface area contributed by atoms with Crippen LogP contribution < -0.4 is 15.6 Å². The Balaban J connectivity index is 1.82. The molecule has 0 spiro atoms. The van der Waals surface area contributed by atoms with Crippen molar-refractivity contribution in [3.8, 4) is 5.75 Å². The molecule has 2 rings (SSSR count). The van der Waals surface area contributed by atoms with Crippen LogP contribution in [0.25, 0.3) is 0 Å². The average molecular weight is 391 g/mol. The van der Waals surface area contributed by atoms with Crippen LogP contribution in [0.5, 0.6) is 5.75 Å². The minimum absolute atomic E-state index is 0.196. The zero-order valence-electron chi connectivity index (χ0n) is 13.6. The van der Waals surface area contributed by atoms with Gasteiger partial charge in [-0.3, -0.25) is 20.4 Å². The summed E-state index contributed by atoms with van der Waals surface area (Å²) >= 11 is 3.41. The van der Waals surface area contributed by atoms with Gasteiger partial charge in [0.2, 0.25) is 0 Å². The lowest BCUT2D eigenvalue weighted by molar-refractivity contribution is -0.123. The van der Waals surface area contributed by atoms with Crippen molar-refractivity contribution in [3.63, 3.8) is 0 Å². The molecule has 6 heteroatoms. The van der Waals surface area contributed by atoms with Crippen molar-refractivity contribution < 1.29 is 14.3 Å². The maximum Gasteiger partial charge on any atom is 0.276 e. The third-order valence-corrected chi connectivity index (χ3v) is 3.98. The van der Waals surface area contributed by atoms with E-state index < -0.39 is 5.91 Å².